The van der Waals surface area contributed by atoms with Crippen LogP contribution < -0.4 is 11.1 Å². The van der Waals surface area contributed by atoms with E-state index in [1.54, 1.807) is 11.3 Å². The molecule has 90 valence electrons. The molecule has 1 atom stereocenters. The van der Waals surface area contributed by atoms with Gasteiger partial charge >= 0.3 is 0 Å². The van der Waals surface area contributed by atoms with Crippen molar-refractivity contribution in [3.8, 4) is 0 Å². The third-order valence-corrected chi connectivity index (χ3v) is 3.79. The molecular weight excluding hydrogens is 252 g/mol. The zero-order valence-corrected chi connectivity index (χ0v) is 11.4. The SMILES string of the molecule is Cc1cc(N)c(Cl)cc1NC(C)c1ccsc1. The zero-order chi connectivity index (χ0) is 12.4. The summed E-state index contributed by atoms with van der Waals surface area (Å²) < 4.78 is 0. The summed E-state index contributed by atoms with van der Waals surface area (Å²) >= 11 is 7.73. The van der Waals surface area contributed by atoms with Gasteiger partial charge in [0.05, 0.1) is 10.7 Å². The fourth-order valence-corrected chi connectivity index (χ4v) is 2.62. The number of aryl methyl sites for hydroxylation is 1. The fraction of sp³-hybridized carbons (Fsp3) is 0.231. The van der Waals surface area contributed by atoms with Gasteiger partial charge in [0.2, 0.25) is 0 Å². The Balaban J connectivity index is 2.22. The number of rotatable bonds is 3. The Kier molecular flexibility index (Phi) is 3.60. The van der Waals surface area contributed by atoms with Gasteiger partial charge < -0.3 is 11.1 Å². The second-order valence-electron chi connectivity index (χ2n) is 4.11. The molecule has 3 N–H and O–H groups in total. The standard InChI is InChI=1S/C13H15ClN2S/c1-8-5-12(15)11(14)6-13(8)16-9(2)10-3-4-17-7-10/h3-7,9,16H,15H2,1-2H3. The molecule has 0 aliphatic carbocycles. The largest absolute Gasteiger partial charge is 0.398 e. The van der Waals surface area contributed by atoms with Crippen molar-refractivity contribution in [1.82, 2.24) is 0 Å². The monoisotopic (exact) mass is 266 g/mol. The van der Waals surface area contributed by atoms with Crippen molar-refractivity contribution in [2.75, 3.05) is 11.1 Å². The molecule has 0 amide bonds. The molecule has 4 heteroatoms. The highest BCUT2D eigenvalue weighted by atomic mass is 35.5. The molecule has 0 bridgehead atoms. The van der Waals surface area contributed by atoms with Crippen molar-refractivity contribution in [1.29, 1.82) is 0 Å². The number of nitrogen functional groups attached to an aromatic ring is 1. The highest BCUT2D eigenvalue weighted by molar-refractivity contribution is 7.07. The highest BCUT2D eigenvalue weighted by Crippen LogP contribution is 2.29. The first-order valence-electron chi connectivity index (χ1n) is 5.42. The molecule has 0 aliphatic rings. The summed E-state index contributed by atoms with van der Waals surface area (Å²) in [7, 11) is 0. The smallest absolute Gasteiger partial charge is 0.0656 e. The summed E-state index contributed by atoms with van der Waals surface area (Å²) in [6.07, 6.45) is 0. The number of hydrogen-bond donors (Lipinski definition) is 2. The topological polar surface area (TPSA) is 38.0 Å². The van der Waals surface area contributed by atoms with E-state index in [0.29, 0.717) is 10.7 Å². The fourth-order valence-electron chi connectivity index (χ4n) is 1.70. The van der Waals surface area contributed by atoms with Crippen molar-refractivity contribution in [3.05, 3.63) is 45.1 Å². The average Bonchev–Trinajstić information content (AvgIpc) is 2.79. The molecule has 0 fully saturated rings. The van der Waals surface area contributed by atoms with Gasteiger partial charge in [-0.2, -0.15) is 11.3 Å². The summed E-state index contributed by atoms with van der Waals surface area (Å²) in [5.41, 5.74) is 9.80. The van der Waals surface area contributed by atoms with Gasteiger partial charge in [0.1, 0.15) is 0 Å². The first-order valence-corrected chi connectivity index (χ1v) is 6.74. The molecule has 2 nitrogen and oxygen atoms in total. The third kappa shape index (κ3) is 2.73. The Morgan fingerprint density at radius 1 is 1.41 bits per heavy atom. The van der Waals surface area contributed by atoms with E-state index in [1.165, 1.54) is 5.56 Å². The second-order valence-corrected chi connectivity index (χ2v) is 5.30. The molecule has 0 radical (unpaired) electrons. The molecule has 0 aliphatic heterocycles. The molecule has 0 spiro atoms. The van der Waals surface area contributed by atoms with E-state index in [-0.39, 0.29) is 6.04 Å². The van der Waals surface area contributed by atoms with Crippen LogP contribution in [0.2, 0.25) is 5.02 Å². The minimum Gasteiger partial charge on any atom is -0.398 e. The Labute approximate surface area is 110 Å². The number of anilines is 2. The van der Waals surface area contributed by atoms with Crippen LogP contribution in [0.15, 0.2) is 29.0 Å². The van der Waals surface area contributed by atoms with Gasteiger partial charge in [-0.05, 0) is 53.9 Å². The van der Waals surface area contributed by atoms with Crippen LogP contribution in [0, 0.1) is 6.92 Å². The average molecular weight is 267 g/mol. The minimum absolute atomic E-state index is 0.264. The molecule has 1 unspecified atom stereocenters. The summed E-state index contributed by atoms with van der Waals surface area (Å²) in [5, 5.41) is 8.26. The molecule has 0 saturated carbocycles. The number of nitrogens with two attached hydrogens (primary N) is 1. The lowest BCUT2D eigenvalue weighted by Crippen LogP contribution is -2.07. The van der Waals surface area contributed by atoms with Gasteiger partial charge in [0.25, 0.3) is 0 Å². The summed E-state index contributed by atoms with van der Waals surface area (Å²) in [6, 6.07) is 6.16. The number of thiophene rings is 1. The van der Waals surface area contributed by atoms with E-state index >= 15 is 0 Å². The van der Waals surface area contributed by atoms with Gasteiger partial charge in [0.15, 0.2) is 0 Å². The van der Waals surface area contributed by atoms with Crippen LogP contribution in [-0.4, -0.2) is 0 Å². The minimum atomic E-state index is 0.264. The van der Waals surface area contributed by atoms with Gasteiger partial charge in [-0.15, -0.1) is 0 Å². The number of hydrogen-bond acceptors (Lipinski definition) is 3. The predicted molar refractivity (Wildman–Crippen MR) is 77.0 cm³/mol. The lowest BCUT2D eigenvalue weighted by molar-refractivity contribution is 0.888. The molecule has 1 aromatic heterocycles. The van der Waals surface area contributed by atoms with E-state index < -0.39 is 0 Å². The van der Waals surface area contributed by atoms with Crippen molar-refractivity contribution >= 4 is 34.3 Å². The van der Waals surface area contributed by atoms with Crippen LogP contribution >= 0.6 is 22.9 Å². The van der Waals surface area contributed by atoms with Gasteiger partial charge in [0, 0.05) is 11.7 Å². The normalized spacial score (nSPS) is 12.4. The molecule has 1 heterocycles. The van der Waals surface area contributed by atoms with Crippen LogP contribution in [0.25, 0.3) is 0 Å². The predicted octanol–water partition coefficient (Wildman–Crippen LogP) is 4.47. The van der Waals surface area contributed by atoms with Gasteiger partial charge in [-0.25, -0.2) is 0 Å². The summed E-state index contributed by atoms with van der Waals surface area (Å²) in [6.45, 7) is 4.15. The van der Waals surface area contributed by atoms with Crippen LogP contribution in [-0.2, 0) is 0 Å². The maximum atomic E-state index is 6.03. The first-order chi connectivity index (χ1) is 8.08. The van der Waals surface area contributed by atoms with E-state index in [0.717, 1.165) is 11.3 Å². The molecule has 1 aromatic carbocycles. The molecule has 2 rings (SSSR count). The molecule has 17 heavy (non-hydrogen) atoms. The Hall–Kier alpha value is -1.19. The third-order valence-electron chi connectivity index (χ3n) is 2.76. The molecule has 2 aromatic rings. The van der Waals surface area contributed by atoms with Crippen LogP contribution in [0.1, 0.15) is 24.1 Å². The summed E-state index contributed by atoms with van der Waals surface area (Å²) in [5.74, 6) is 0. The lowest BCUT2D eigenvalue weighted by atomic mass is 10.1. The van der Waals surface area contributed by atoms with E-state index in [1.807, 2.05) is 19.1 Å². The second kappa shape index (κ2) is 4.98. The maximum absolute atomic E-state index is 6.03. The molecular formula is C13H15ClN2S. The lowest BCUT2D eigenvalue weighted by Gasteiger charge is -2.17. The van der Waals surface area contributed by atoms with E-state index in [4.69, 9.17) is 17.3 Å². The maximum Gasteiger partial charge on any atom is 0.0656 e. The van der Waals surface area contributed by atoms with Crippen LogP contribution in [0.4, 0.5) is 11.4 Å². The van der Waals surface area contributed by atoms with Crippen molar-refractivity contribution in [3.63, 3.8) is 0 Å². The van der Waals surface area contributed by atoms with E-state index in [2.05, 4.69) is 29.1 Å². The van der Waals surface area contributed by atoms with Crippen LogP contribution in [0.5, 0.6) is 0 Å². The first kappa shape index (κ1) is 12.3. The Morgan fingerprint density at radius 3 is 2.82 bits per heavy atom. The zero-order valence-electron chi connectivity index (χ0n) is 9.83. The van der Waals surface area contributed by atoms with Gasteiger partial charge in [-0.1, -0.05) is 11.6 Å². The Bertz CT molecular complexity index is 508. The highest BCUT2D eigenvalue weighted by Gasteiger charge is 2.09. The number of benzene rings is 1. The number of nitrogens with one attached hydrogen (secondary N) is 1. The molecule has 0 saturated heterocycles. The Morgan fingerprint density at radius 2 is 2.18 bits per heavy atom. The summed E-state index contributed by atoms with van der Waals surface area (Å²) in [4.78, 5) is 0. The van der Waals surface area contributed by atoms with Crippen LogP contribution in [0.3, 0.4) is 0 Å². The van der Waals surface area contributed by atoms with E-state index in [9.17, 15) is 0 Å². The van der Waals surface area contributed by atoms with Crippen molar-refractivity contribution in [2.45, 2.75) is 19.9 Å². The van der Waals surface area contributed by atoms with Crippen molar-refractivity contribution in [2.24, 2.45) is 0 Å². The quantitative estimate of drug-likeness (QED) is 0.805. The van der Waals surface area contributed by atoms with Crippen molar-refractivity contribution < 1.29 is 0 Å². The van der Waals surface area contributed by atoms with Gasteiger partial charge in [-0.3, -0.25) is 0 Å². The number of halogens is 1.